The number of rotatable bonds is 5. The molecule has 1 aromatic carbocycles. The first-order valence-corrected chi connectivity index (χ1v) is 10.4. The van der Waals surface area contributed by atoms with E-state index in [0.717, 1.165) is 0 Å². The highest BCUT2D eigenvalue weighted by atomic mass is 35.5. The maximum atomic E-state index is 13.0. The second-order valence-electron chi connectivity index (χ2n) is 6.46. The average Bonchev–Trinajstić information content (AvgIpc) is 2.73. The Hall–Kier alpha value is -2.47. The van der Waals surface area contributed by atoms with Crippen LogP contribution in [-0.4, -0.2) is 51.2 Å². The van der Waals surface area contributed by atoms with Gasteiger partial charge in [-0.25, -0.2) is 8.42 Å². The van der Waals surface area contributed by atoms with Gasteiger partial charge in [-0.15, -0.1) is 4.51 Å². The predicted molar refractivity (Wildman–Crippen MR) is 108 cm³/mol. The predicted octanol–water partition coefficient (Wildman–Crippen LogP) is 1.12. The van der Waals surface area contributed by atoms with Gasteiger partial charge in [-0.1, -0.05) is 6.07 Å². The van der Waals surface area contributed by atoms with Crippen LogP contribution in [0.25, 0.3) is 10.8 Å². The molecule has 0 unspecified atom stereocenters. The lowest BCUT2D eigenvalue weighted by molar-refractivity contribution is -0.151. The zero-order chi connectivity index (χ0) is 21.1. The SMILES string of the molecule is COC(=O)C1(NS(=O)(=O)c2ccc3c(NC(N)=NCl)cncc3c2)CCOCC1. The fraction of sp³-hybridized carbons (Fsp3) is 0.353. The summed E-state index contributed by atoms with van der Waals surface area (Å²) in [5, 5.41) is 3.98. The van der Waals surface area contributed by atoms with Gasteiger partial charge in [0.1, 0.15) is 5.54 Å². The molecule has 1 saturated heterocycles. The molecular weight excluding hydrogens is 422 g/mol. The third kappa shape index (κ3) is 4.42. The number of esters is 1. The molecule has 0 amide bonds. The number of guanidine groups is 1. The molecule has 1 aromatic heterocycles. The number of fused-ring (bicyclic) bond motifs is 1. The molecule has 0 bridgehead atoms. The molecule has 10 nitrogen and oxygen atoms in total. The molecule has 3 rings (SSSR count). The number of aromatic nitrogens is 1. The maximum absolute atomic E-state index is 13.0. The number of carbonyl (C=O) groups is 1. The highest BCUT2D eigenvalue weighted by Crippen LogP contribution is 2.28. The third-order valence-corrected chi connectivity index (χ3v) is 6.36. The number of nitrogens with one attached hydrogen (secondary N) is 2. The topological polar surface area (TPSA) is 145 Å². The molecule has 1 aliphatic rings. The molecule has 2 heterocycles. The van der Waals surface area contributed by atoms with Crippen LogP contribution in [0.15, 0.2) is 40.0 Å². The highest BCUT2D eigenvalue weighted by Gasteiger charge is 2.44. The van der Waals surface area contributed by atoms with Crippen molar-refractivity contribution in [3.05, 3.63) is 30.6 Å². The van der Waals surface area contributed by atoms with Crippen LogP contribution in [0, 0.1) is 0 Å². The molecule has 0 radical (unpaired) electrons. The van der Waals surface area contributed by atoms with E-state index in [2.05, 4.69) is 19.5 Å². The first-order valence-electron chi connectivity index (χ1n) is 8.61. The summed E-state index contributed by atoms with van der Waals surface area (Å²) >= 11 is 5.33. The summed E-state index contributed by atoms with van der Waals surface area (Å²) in [6.07, 6.45) is 3.38. The van der Waals surface area contributed by atoms with Gasteiger partial charge >= 0.3 is 5.97 Å². The molecule has 29 heavy (non-hydrogen) atoms. The van der Waals surface area contributed by atoms with E-state index in [1.165, 1.54) is 31.6 Å². The van der Waals surface area contributed by atoms with Crippen LogP contribution in [0.1, 0.15) is 12.8 Å². The summed E-state index contributed by atoms with van der Waals surface area (Å²) < 4.78 is 42.0. The number of hydrogen-bond acceptors (Lipinski definition) is 7. The highest BCUT2D eigenvalue weighted by molar-refractivity contribution is 7.89. The van der Waals surface area contributed by atoms with Gasteiger partial charge in [-0.05, 0) is 12.1 Å². The normalized spacial score (nSPS) is 17.1. The van der Waals surface area contributed by atoms with Gasteiger partial charge in [0.15, 0.2) is 0 Å². The Bertz CT molecular complexity index is 1050. The van der Waals surface area contributed by atoms with Crippen LogP contribution in [0.2, 0.25) is 0 Å². The van der Waals surface area contributed by atoms with Crippen molar-refractivity contribution >= 4 is 50.2 Å². The number of sulfonamides is 1. The molecule has 1 fully saturated rings. The summed E-state index contributed by atoms with van der Waals surface area (Å²) in [4.78, 5) is 16.4. The number of halogens is 1. The minimum atomic E-state index is -4.03. The number of nitrogens with zero attached hydrogens (tertiary/aromatic N) is 2. The van der Waals surface area contributed by atoms with Crippen molar-refractivity contribution in [2.45, 2.75) is 23.3 Å². The van der Waals surface area contributed by atoms with Gasteiger partial charge in [0.25, 0.3) is 0 Å². The minimum Gasteiger partial charge on any atom is -0.468 e. The molecule has 12 heteroatoms. The number of pyridine rings is 1. The number of methoxy groups -OCH3 is 1. The molecule has 0 saturated carbocycles. The summed E-state index contributed by atoms with van der Waals surface area (Å²) in [5.41, 5.74) is 4.72. The Morgan fingerprint density at radius 1 is 1.34 bits per heavy atom. The fourth-order valence-electron chi connectivity index (χ4n) is 3.16. The lowest BCUT2D eigenvalue weighted by atomic mass is 9.92. The van der Waals surface area contributed by atoms with Gasteiger partial charge in [0.05, 0.1) is 23.9 Å². The number of benzene rings is 1. The number of anilines is 1. The summed E-state index contributed by atoms with van der Waals surface area (Å²) in [5.74, 6) is -0.673. The molecule has 1 aliphatic heterocycles. The smallest absolute Gasteiger partial charge is 0.327 e. The first-order chi connectivity index (χ1) is 13.8. The fourth-order valence-corrected chi connectivity index (χ4v) is 4.65. The van der Waals surface area contributed by atoms with Crippen molar-refractivity contribution in [1.29, 1.82) is 0 Å². The molecule has 0 spiro atoms. The summed E-state index contributed by atoms with van der Waals surface area (Å²) in [6.45, 7) is 0.496. The Labute approximate surface area is 172 Å². The largest absolute Gasteiger partial charge is 0.468 e. The van der Waals surface area contributed by atoms with E-state index in [-0.39, 0.29) is 36.9 Å². The minimum absolute atomic E-state index is 0.0160. The number of nitrogens with two attached hydrogens (primary N) is 1. The number of hydrogen-bond donors (Lipinski definition) is 3. The molecule has 156 valence electrons. The third-order valence-electron chi connectivity index (χ3n) is 4.65. The average molecular weight is 442 g/mol. The zero-order valence-corrected chi connectivity index (χ0v) is 17.1. The van der Waals surface area contributed by atoms with Gasteiger partial charge in [0.2, 0.25) is 16.0 Å². The van der Waals surface area contributed by atoms with Gasteiger partial charge in [0, 0.05) is 54.8 Å². The van der Waals surface area contributed by atoms with Crippen LogP contribution < -0.4 is 15.8 Å². The van der Waals surface area contributed by atoms with E-state index in [1.807, 2.05) is 0 Å². The Morgan fingerprint density at radius 3 is 2.72 bits per heavy atom. The van der Waals surface area contributed by atoms with Crippen LogP contribution in [0.5, 0.6) is 0 Å². The van der Waals surface area contributed by atoms with Gasteiger partial charge in [-0.2, -0.15) is 4.72 Å². The number of ether oxygens (including phenoxy) is 2. The Kier molecular flexibility index (Phi) is 6.22. The maximum Gasteiger partial charge on any atom is 0.327 e. The van der Waals surface area contributed by atoms with Crippen molar-refractivity contribution in [3.63, 3.8) is 0 Å². The molecule has 0 atom stereocenters. The van der Waals surface area contributed by atoms with Gasteiger partial charge in [-0.3, -0.25) is 9.78 Å². The standard InChI is InChI=1S/C17H20ClN5O5S/c1-27-15(24)17(4-6-28-7-5-17)23-29(25,26)12-2-3-13-11(8-12)9-20-10-14(13)21-16(19)22-18/h2-3,8-10,23H,4-7H2,1H3,(H3,19,21,22). The molecule has 4 N–H and O–H groups in total. The number of carbonyl (C=O) groups excluding carboxylic acids is 1. The van der Waals surface area contributed by atoms with Crippen molar-refractivity contribution < 1.29 is 22.7 Å². The monoisotopic (exact) mass is 441 g/mol. The summed E-state index contributed by atoms with van der Waals surface area (Å²) in [6, 6.07) is 4.48. The zero-order valence-electron chi connectivity index (χ0n) is 15.5. The van der Waals surface area contributed by atoms with E-state index in [0.29, 0.717) is 16.5 Å². The second-order valence-corrected chi connectivity index (χ2v) is 8.31. The van der Waals surface area contributed by atoms with Gasteiger partial charge < -0.3 is 20.5 Å². The van der Waals surface area contributed by atoms with Crippen molar-refractivity contribution in [3.8, 4) is 0 Å². The van der Waals surface area contributed by atoms with Crippen LogP contribution in [-0.2, 0) is 24.3 Å². The Balaban J connectivity index is 1.97. The van der Waals surface area contributed by atoms with Crippen LogP contribution in [0.3, 0.4) is 0 Å². The summed E-state index contributed by atoms with van der Waals surface area (Å²) in [7, 11) is -2.81. The molecular formula is C17H20ClN5O5S. The van der Waals surface area contributed by atoms with E-state index in [9.17, 15) is 13.2 Å². The lowest BCUT2D eigenvalue weighted by Crippen LogP contribution is -2.57. The molecule has 0 aliphatic carbocycles. The van der Waals surface area contributed by atoms with Crippen molar-refractivity contribution in [2.75, 3.05) is 25.6 Å². The van der Waals surface area contributed by atoms with Crippen LogP contribution >= 0.6 is 11.8 Å². The van der Waals surface area contributed by atoms with E-state index < -0.39 is 21.5 Å². The molecule has 2 aromatic rings. The first kappa shape index (κ1) is 21.2. The quantitative estimate of drug-likeness (QED) is 0.355. The van der Waals surface area contributed by atoms with E-state index in [4.69, 9.17) is 27.0 Å². The van der Waals surface area contributed by atoms with E-state index in [1.54, 1.807) is 6.07 Å². The lowest BCUT2D eigenvalue weighted by Gasteiger charge is -2.34. The van der Waals surface area contributed by atoms with Crippen LogP contribution in [0.4, 0.5) is 5.69 Å². The second kappa shape index (κ2) is 8.49. The van der Waals surface area contributed by atoms with Crippen molar-refractivity contribution in [2.24, 2.45) is 10.2 Å². The van der Waals surface area contributed by atoms with E-state index >= 15 is 0 Å². The van der Waals surface area contributed by atoms with Crippen molar-refractivity contribution in [1.82, 2.24) is 9.71 Å². The Morgan fingerprint density at radius 2 is 2.07 bits per heavy atom.